The van der Waals surface area contributed by atoms with Gasteiger partial charge in [0.1, 0.15) is 5.82 Å². The van der Waals surface area contributed by atoms with Gasteiger partial charge in [-0.15, -0.1) is 35.7 Å². The fourth-order valence-corrected chi connectivity index (χ4v) is 7.72. The summed E-state index contributed by atoms with van der Waals surface area (Å²) in [6.07, 6.45) is 1.85. The van der Waals surface area contributed by atoms with Crippen LogP contribution in [0.5, 0.6) is 11.5 Å². The number of ether oxygens (including phenoxy) is 1. The molecule has 0 unspecified atom stereocenters. The molecule has 0 aliphatic carbocycles. The number of hydrogen-bond donors (Lipinski definition) is 0. The van der Waals surface area contributed by atoms with E-state index in [-0.39, 0.29) is 32.9 Å². The van der Waals surface area contributed by atoms with Crippen molar-refractivity contribution in [3.8, 4) is 34.1 Å². The molecule has 52 heavy (non-hydrogen) atoms. The molecule has 268 valence electrons. The molecular weight excluding hydrogens is 822 g/mol. The molecule has 3 heterocycles. The summed E-state index contributed by atoms with van der Waals surface area (Å²) in [5.74, 6) is 2.50. The topological polar surface area (TPSA) is 48.1 Å². The van der Waals surface area contributed by atoms with E-state index in [1.807, 2.05) is 30.5 Å². The van der Waals surface area contributed by atoms with Gasteiger partial charge in [-0.05, 0) is 109 Å². The second kappa shape index (κ2) is 14.4. The summed E-state index contributed by atoms with van der Waals surface area (Å²) in [5.41, 5.74) is 15.3. The first-order valence-electron chi connectivity index (χ1n) is 17.9. The molecule has 0 radical (unpaired) electrons. The van der Waals surface area contributed by atoms with E-state index in [1.54, 1.807) is 0 Å². The third-order valence-electron chi connectivity index (χ3n) is 10.2. The molecule has 0 N–H and O–H groups in total. The summed E-state index contributed by atoms with van der Waals surface area (Å²) in [6, 6.07) is 29.8. The quantitative estimate of drug-likeness (QED) is 0.143. The Morgan fingerprint density at radius 1 is 0.712 bits per heavy atom. The van der Waals surface area contributed by atoms with Gasteiger partial charge >= 0.3 is 21.1 Å². The normalized spacial score (nSPS) is 11.6. The van der Waals surface area contributed by atoms with E-state index >= 15 is 0 Å². The van der Waals surface area contributed by atoms with Crippen LogP contribution in [0.1, 0.15) is 78.7 Å². The van der Waals surface area contributed by atoms with Crippen molar-refractivity contribution in [3.63, 3.8) is 0 Å². The number of benzene rings is 4. The maximum Gasteiger partial charge on any atom is 2.00 e. The maximum absolute atomic E-state index is 6.54. The predicted molar refractivity (Wildman–Crippen MR) is 212 cm³/mol. The maximum atomic E-state index is 6.54. The molecule has 0 bridgehead atoms. The minimum Gasteiger partial charge on any atom is -0.509 e. The summed E-state index contributed by atoms with van der Waals surface area (Å²) in [7, 11) is 4.26. The third-order valence-corrected chi connectivity index (χ3v) is 10.2. The van der Waals surface area contributed by atoms with Gasteiger partial charge < -0.3 is 14.2 Å². The number of nitrogens with zero attached hydrogens (tertiary/aromatic N) is 5. The van der Waals surface area contributed by atoms with Crippen LogP contribution in [0.4, 0.5) is 5.69 Å². The zero-order valence-electron chi connectivity index (χ0n) is 32.0. The van der Waals surface area contributed by atoms with Crippen molar-refractivity contribution < 1.29 is 25.8 Å². The van der Waals surface area contributed by atoms with Crippen LogP contribution in [0.2, 0.25) is 0 Å². The molecule has 7 heteroatoms. The number of aromatic nitrogens is 4. The molecule has 0 spiro atoms. The predicted octanol–water partition coefficient (Wildman–Crippen LogP) is 11.3. The monoisotopic (exact) mass is 868 g/mol. The SMILES string of the molecule is Cc1ccnc(-n2c3[c-]c(Oc4[c-]c(-n5nc(C(C)C)c(-c6c(C)c(C)c(N(C)C)c(C)c6C)c5C(C)C)ccc4)ccc3c3ccccc32)c1.[Pt+2]. The Hall–Kier alpha value is -4.67. The molecule has 0 amide bonds. The Morgan fingerprint density at radius 2 is 1.40 bits per heavy atom. The Morgan fingerprint density at radius 3 is 2.06 bits per heavy atom. The van der Waals surface area contributed by atoms with Crippen LogP contribution >= 0.6 is 0 Å². The fraction of sp³-hybridized carbons (Fsp3) is 0.289. The van der Waals surface area contributed by atoms with E-state index in [9.17, 15) is 0 Å². The molecule has 7 rings (SSSR count). The van der Waals surface area contributed by atoms with E-state index in [0.29, 0.717) is 11.5 Å². The van der Waals surface area contributed by atoms with Crippen molar-refractivity contribution in [2.24, 2.45) is 0 Å². The van der Waals surface area contributed by atoms with Crippen molar-refractivity contribution in [3.05, 3.63) is 124 Å². The van der Waals surface area contributed by atoms with Gasteiger partial charge in [-0.1, -0.05) is 51.4 Å². The first kappa shape index (κ1) is 37.1. The van der Waals surface area contributed by atoms with Gasteiger partial charge in [-0.25, -0.2) is 4.98 Å². The van der Waals surface area contributed by atoms with E-state index < -0.39 is 0 Å². The van der Waals surface area contributed by atoms with Gasteiger partial charge in [-0.2, -0.15) is 17.2 Å². The van der Waals surface area contributed by atoms with E-state index in [2.05, 4.69) is 145 Å². The van der Waals surface area contributed by atoms with E-state index in [1.165, 1.54) is 44.8 Å². The second-order valence-electron chi connectivity index (χ2n) is 14.6. The summed E-state index contributed by atoms with van der Waals surface area (Å²) in [6.45, 7) is 20.1. The molecule has 0 atom stereocenters. The first-order chi connectivity index (χ1) is 24.4. The van der Waals surface area contributed by atoms with Crippen LogP contribution in [0.15, 0.2) is 72.9 Å². The van der Waals surface area contributed by atoms with Gasteiger partial charge in [0.05, 0.1) is 11.4 Å². The van der Waals surface area contributed by atoms with Crippen LogP contribution in [-0.2, 0) is 21.1 Å². The van der Waals surface area contributed by atoms with Crippen LogP contribution in [-0.4, -0.2) is 33.4 Å². The Kier molecular flexibility index (Phi) is 10.3. The molecular formula is C45H47N5OPt. The van der Waals surface area contributed by atoms with Gasteiger partial charge in [0, 0.05) is 48.6 Å². The average Bonchev–Trinajstić information content (AvgIpc) is 3.64. The Bertz CT molecular complexity index is 2420. The fourth-order valence-electron chi connectivity index (χ4n) is 7.72. The zero-order valence-corrected chi connectivity index (χ0v) is 34.3. The molecule has 3 aromatic heterocycles. The number of aryl methyl sites for hydroxylation is 1. The number of anilines is 1. The zero-order chi connectivity index (χ0) is 36.3. The molecule has 0 aliphatic rings. The minimum atomic E-state index is 0. The van der Waals surface area contributed by atoms with Crippen molar-refractivity contribution in [1.82, 2.24) is 19.3 Å². The van der Waals surface area contributed by atoms with Crippen molar-refractivity contribution in [1.29, 1.82) is 0 Å². The summed E-state index contributed by atoms with van der Waals surface area (Å²) in [5, 5.41) is 7.59. The van der Waals surface area contributed by atoms with Gasteiger partial charge in [-0.3, -0.25) is 4.68 Å². The second-order valence-corrected chi connectivity index (χ2v) is 14.6. The van der Waals surface area contributed by atoms with Crippen LogP contribution in [0.25, 0.3) is 44.4 Å². The van der Waals surface area contributed by atoms with Crippen molar-refractivity contribution in [2.75, 3.05) is 19.0 Å². The van der Waals surface area contributed by atoms with Crippen molar-refractivity contribution >= 4 is 27.5 Å². The summed E-state index contributed by atoms with van der Waals surface area (Å²) < 4.78 is 10.8. The van der Waals surface area contributed by atoms with E-state index in [0.717, 1.165) is 44.6 Å². The first-order valence-corrected chi connectivity index (χ1v) is 17.9. The summed E-state index contributed by atoms with van der Waals surface area (Å²) >= 11 is 0. The van der Waals surface area contributed by atoms with Crippen molar-refractivity contribution in [2.45, 2.75) is 74.1 Å². The molecule has 4 aromatic carbocycles. The standard InChI is InChI=1S/C45H47N5O.Pt/c1-26(2)43-42(41-29(6)31(8)45(48(10)11)32(9)30(41)7)44(27(3)4)50(47-43)33-15-14-16-34(24-33)51-35-19-20-37-36-17-12-13-18-38(36)49(39(37)25-35)40-23-28(5)21-22-46-40;/h12-23,26-27H,1-11H3;/q-2;+2. The van der Waals surface area contributed by atoms with Gasteiger partial charge in [0.15, 0.2) is 0 Å². The molecule has 6 nitrogen and oxygen atoms in total. The number of fused-ring (bicyclic) bond motifs is 3. The Labute approximate surface area is 322 Å². The number of rotatable bonds is 8. The van der Waals surface area contributed by atoms with Gasteiger partial charge in [0.25, 0.3) is 0 Å². The number of hydrogen-bond acceptors (Lipinski definition) is 4. The molecule has 0 aliphatic heterocycles. The third kappa shape index (κ3) is 6.26. The average molecular weight is 869 g/mol. The number of para-hydroxylation sites is 1. The number of pyridine rings is 1. The largest absolute Gasteiger partial charge is 2.00 e. The Balaban J connectivity index is 0.00000464. The van der Waals surface area contributed by atoms with Crippen LogP contribution in [0, 0.1) is 46.8 Å². The van der Waals surface area contributed by atoms with Gasteiger partial charge in [0.2, 0.25) is 0 Å². The minimum absolute atomic E-state index is 0. The molecule has 7 aromatic rings. The van der Waals surface area contributed by atoms with Crippen LogP contribution in [0.3, 0.4) is 0 Å². The van der Waals surface area contributed by atoms with Crippen LogP contribution < -0.4 is 9.64 Å². The molecule has 0 saturated carbocycles. The van der Waals surface area contributed by atoms with E-state index in [4.69, 9.17) is 14.8 Å². The molecule has 0 saturated heterocycles. The summed E-state index contributed by atoms with van der Waals surface area (Å²) in [4.78, 5) is 6.96. The smallest absolute Gasteiger partial charge is 0.509 e. The molecule has 0 fully saturated rings.